The fraction of sp³-hybridized carbons (Fsp3) is 0.353. The van der Waals surface area contributed by atoms with Crippen LogP contribution in [-0.4, -0.2) is 52.9 Å². The fourth-order valence-electron chi connectivity index (χ4n) is 2.25. The average molecular weight is 363 g/mol. The topological polar surface area (TPSA) is 134 Å². The molecule has 0 aliphatic carbocycles. The monoisotopic (exact) mass is 363 g/mol. The molecule has 0 atom stereocenters. The quantitative estimate of drug-likeness (QED) is 0.527. The number of carbonyl (C=O) groups excluding carboxylic acids is 2. The smallest absolute Gasteiger partial charge is 0.313 e. The van der Waals surface area contributed by atoms with Crippen LogP contribution >= 0.6 is 0 Å². The number of aliphatic hydroxyl groups is 2. The number of nitrogens with zero attached hydrogens (tertiary/aromatic N) is 1. The lowest BCUT2D eigenvalue weighted by Crippen LogP contribution is -2.56. The minimum atomic E-state index is -1.25. The number of amides is 2. The number of oxazole rings is 1. The molecular formula is C17H21N3O6. The van der Waals surface area contributed by atoms with E-state index in [-0.39, 0.29) is 6.42 Å². The van der Waals surface area contributed by atoms with E-state index in [0.29, 0.717) is 22.8 Å². The highest BCUT2D eigenvalue weighted by molar-refractivity contribution is 6.39. The van der Waals surface area contributed by atoms with Crippen LogP contribution in [0.15, 0.2) is 35.2 Å². The molecule has 0 saturated heterocycles. The number of hydrogen-bond acceptors (Lipinski definition) is 7. The van der Waals surface area contributed by atoms with Gasteiger partial charge in [0.05, 0.1) is 37.6 Å². The number of aromatic nitrogens is 1. The van der Waals surface area contributed by atoms with Gasteiger partial charge >= 0.3 is 11.8 Å². The summed E-state index contributed by atoms with van der Waals surface area (Å²) in [6, 6.07) is 4.77. The Morgan fingerprint density at radius 1 is 1.27 bits per heavy atom. The molecule has 2 amide bonds. The van der Waals surface area contributed by atoms with Crippen LogP contribution in [0.3, 0.4) is 0 Å². The van der Waals surface area contributed by atoms with Gasteiger partial charge in [0.1, 0.15) is 5.75 Å². The zero-order valence-electron chi connectivity index (χ0n) is 14.5. The molecule has 0 fully saturated rings. The maximum Gasteiger partial charge on any atom is 0.313 e. The number of aliphatic hydroxyl groups excluding tert-OH is 2. The fourth-order valence-corrected chi connectivity index (χ4v) is 2.25. The van der Waals surface area contributed by atoms with E-state index in [0.717, 1.165) is 0 Å². The van der Waals surface area contributed by atoms with Crippen molar-refractivity contribution >= 4 is 17.5 Å². The van der Waals surface area contributed by atoms with Crippen molar-refractivity contribution in [2.45, 2.75) is 18.9 Å². The summed E-state index contributed by atoms with van der Waals surface area (Å²) in [5, 5.41) is 23.5. The van der Waals surface area contributed by atoms with Crippen LogP contribution < -0.4 is 15.4 Å². The average Bonchev–Trinajstić information content (AvgIpc) is 3.20. The summed E-state index contributed by atoms with van der Waals surface area (Å²) in [5.41, 5.74) is -0.277. The zero-order valence-corrected chi connectivity index (χ0v) is 14.5. The third-order valence-electron chi connectivity index (χ3n) is 4.02. The van der Waals surface area contributed by atoms with Gasteiger partial charge in [0.2, 0.25) is 0 Å². The number of methoxy groups -OCH3 is 1. The number of anilines is 1. The molecule has 0 unspecified atom stereocenters. The lowest BCUT2D eigenvalue weighted by molar-refractivity contribution is -0.138. The summed E-state index contributed by atoms with van der Waals surface area (Å²) in [6.07, 6.45) is 3.08. The molecule has 0 saturated carbocycles. The number of ether oxygens (including phenoxy) is 1. The maximum atomic E-state index is 12.1. The predicted octanol–water partition coefficient (Wildman–Crippen LogP) is 0.538. The van der Waals surface area contributed by atoms with Crippen molar-refractivity contribution in [2.75, 3.05) is 25.6 Å². The third-order valence-corrected chi connectivity index (χ3v) is 4.02. The maximum absolute atomic E-state index is 12.1. The normalized spacial score (nSPS) is 11.1. The van der Waals surface area contributed by atoms with Crippen molar-refractivity contribution < 1.29 is 29.0 Å². The van der Waals surface area contributed by atoms with Gasteiger partial charge in [-0.25, -0.2) is 4.98 Å². The minimum absolute atomic E-state index is 0.263. The Labute approximate surface area is 150 Å². The summed E-state index contributed by atoms with van der Waals surface area (Å²) >= 11 is 0. The second-order valence-electron chi connectivity index (χ2n) is 5.64. The molecule has 9 nitrogen and oxygen atoms in total. The summed E-state index contributed by atoms with van der Waals surface area (Å²) in [6.45, 7) is 0.704. The zero-order chi connectivity index (χ0) is 19.2. The van der Waals surface area contributed by atoms with Gasteiger partial charge in [0, 0.05) is 11.8 Å². The van der Waals surface area contributed by atoms with E-state index < -0.39 is 30.6 Å². The molecule has 0 spiro atoms. The van der Waals surface area contributed by atoms with Crippen LogP contribution in [0.4, 0.5) is 5.69 Å². The molecule has 1 aromatic heterocycles. The number of hydrogen-bond donors (Lipinski definition) is 4. The standard InChI is InChI=1S/C17H21N3O6/c1-3-17(8-21,9-22)20-16(24)15(23)19-11-4-5-12(13(6-11)25-2)14-7-18-10-26-14/h4-7,10,21-22H,3,8-9H2,1-2H3,(H,19,23)(H,20,24). The van der Waals surface area contributed by atoms with Gasteiger partial charge in [-0.15, -0.1) is 0 Å². The van der Waals surface area contributed by atoms with Crippen LogP contribution in [-0.2, 0) is 9.59 Å². The lowest BCUT2D eigenvalue weighted by Gasteiger charge is -2.29. The van der Waals surface area contributed by atoms with Crippen molar-refractivity contribution in [2.24, 2.45) is 0 Å². The first kappa shape index (κ1) is 19.4. The summed E-state index contributed by atoms with van der Waals surface area (Å²) in [7, 11) is 1.46. The molecule has 2 rings (SSSR count). The Hall–Kier alpha value is -2.91. The Balaban J connectivity index is 2.13. The summed E-state index contributed by atoms with van der Waals surface area (Å²) in [5.74, 6) is -0.975. The molecule has 4 N–H and O–H groups in total. The first-order chi connectivity index (χ1) is 12.5. The Morgan fingerprint density at radius 3 is 2.54 bits per heavy atom. The van der Waals surface area contributed by atoms with Gasteiger partial charge in [-0.3, -0.25) is 9.59 Å². The lowest BCUT2D eigenvalue weighted by atomic mass is 9.98. The van der Waals surface area contributed by atoms with Crippen molar-refractivity contribution in [3.05, 3.63) is 30.8 Å². The molecule has 1 aromatic carbocycles. The van der Waals surface area contributed by atoms with Crippen LogP contribution in [0.2, 0.25) is 0 Å². The van der Waals surface area contributed by atoms with E-state index in [9.17, 15) is 19.8 Å². The highest BCUT2D eigenvalue weighted by atomic mass is 16.5. The van der Waals surface area contributed by atoms with E-state index in [1.54, 1.807) is 19.1 Å². The third kappa shape index (κ3) is 4.19. The summed E-state index contributed by atoms with van der Waals surface area (Å²) in [4.78, 5) is 28.0. The van der Waals surface area contributed by atoms with Crippen LogP contribution in [0, 0.1) is 0 Å². The number of benzene rings is 1. The molecule has 1 heterocycles. The minimum Gasteiger partial charge on any atom is -0.496 e. The Kier molecular flexibility index (Phi) is 6.31. The van der Waals surface area contributed by atoms with Gasteiger partial charge in [-0.1, -0.05) is 6.92 Å². The van der Waals surface area contributed by atoms with Crippen molar-refractivity contribution in [1.82, 2.24) is 10.3 Å². The second-order valence-corrected chi connectivity index (χ2v) is 5.64. The number of nitrogens with one attached hydrogen (secondary N) is 2. The molecule has 0 radical (unpaired) electrons. The molecule has 0 bridgehead atoms. The highest BCUT2D eigenvalue weighted by Crippen LogP contribution is 2.32. The Bertz CT molecular complexity index is 748. The molecule has 9 heteroatoms. The Morgan fingerprint density at radius 2 is 2.00 bits per heavy atom. The molecule has 140 valence electrons. The van der Waals surface area contributed by atoms with E-state index in [1.165, 1.54) is 25.8 Å². The molecular weight excluding hydrogens is 342 g/mol. The van der Waals surface area contributed by atoms with Crippen LogP contribution in [0.5, 0.6) is 5.75 Å². The van der Waals surface area contributed by atoms with E-state index in [1.807, 2.05) is 0 Å². The first-order valence-corrected chi connectivity index (χ1v) is 7.90. The second kappa shape index (κ2) is 8.45. The number of carbonyl (C=O) groups is 2. The molecule has 26 heavy (non-hydrogen) atoms. The molecule has 0 aliphatic heterocycles. The molecule has 2 aromatic rings. The van der Waals surface area contributed by atoms with Crippen molar-refractivity contribution in [3.8, 4) is 17.1 Å². The van der Waals surface area contributed by atoms with Crippen LogP contribution in [0.1, 0.15) is 13.3 Å². The van der Waals surface area contributed by atoms with Crippen molar-refractivity contribution in [1.29, 1.82) is 0 Å². The van der Waals surface area contributed by atoms with Gasteiger partial charge in [0.15, 0.2) is 12.2 Å². The summed E-state index contributed by atoms with van der Waals surface area (Å²) < 4.78 is 10.5. The number of rotatable bonds is 7. The highest BCUT2D eigenvalue weighted by Gasteiger charge is 2.31. The van der Waals surface area contributed by atoms with Gasteiger partial charge in [-0.2, -0.15) is 0 Å². The van der Waals surface area contributed by atoms with Gasteiger partial charge in [-0.05, 0) is 18.6 Å². The van der Waals surface area contributed by atoms with Crippen molar-refractivity contribution in [3.63, 3.8) is 0 Å². The van der Waals surface area contributed by atoms with E-state index in [2.05, 4.69) is 15.6 Å². The largest absolute Gasteiger partial charge is 0.496 e. The van der Waals surface area contributed by atoms with E-state index in [4.69, 9.17) is 9.15 Å². The first-order valence-electron chi connectivity index (χ1n) is 7.90. The predicted molar refractivity (Wildman–Crippen MR) is 92.5 cm³/mol. The molecule has 0 aliphatic rings. The SMILES string of the molecule is CCC(CO)(CO)NC(=O)C(=O)Nc1ccc(-c2cnco2)c(OC)c1. The van der Waals surface area contributed by atoms with Gasteiger partial charge in [0.25, 0.3) is 0 Å². The van der Waals surface area contributed by atoms with Gasteiger partial charge < -0.3 is 30.0 Å². The van der Waals surface area contributed by atoms with E-state index >= 15 is 0 Å². The van der Waals surface area contributed by atoms with Crippen LogP contribution in [0.25, 0.3) is 11.3 Å².